The Kier molecular flexibility index (Phi) is 8.18. The highest BCUT2D eigenvalue weighted by Crippen LogP contribution is 2.34. The average Bonchev–Trinajstić information content (AvgIpc) is 3.38. The van der Waals surface area contributed by atoms with Gasteiger partial charge in [-0.25, -0.2) is 9.78 Å². The highest BCUT2D eigenvalue weighted by atomic mass is 32.1. The van der Waals surface area contributed by atoms with Crippen LogP contribution in [0, 0.1) is 6.92 Å². The molecule has 0 saturated heterocycles. The Balaban J connectivity index is 1.76. The average molecular weight is 488 g/mol. The van der Waals surface area contributed by atoms with Gasteiger partial charge in [-0.05, 0) is 50.6 Å². The first-order valence-corrected chi connectivity index (χ1v) is 12.1. The van der Waals surface area contributed by atoms with Crippen molar-refractivity contribution in [2.24, 2.45) is 0 Å². The highest BCUT2D eigenvalue weighted by molar-refractivity contribution is 7.18. The van der Waals surface area contributed by atoms with Gasteiger partial charge in [-0.1, -0.05) is 0 Å². The van der Waals surface area contributed by atoms with Gasteiger partial charge in [0.2, 0.25) is 5.91 Å². The molecule has 0 atom stereocenters. The third-order valence-corrected chi connectivity index (χ3v) is 6.76. The van der Waals surface area contributed by atoms with Crippen LogP contribution < -0.4 is 15.4 Å². The fraction of sp³-hybridized carbons (Fsp3) is 0.304. The number of hydrogen-bond acceptors (Lipinski definition) is 8. The van der Waals surface area contributed by atoms with Gasteiger partial charge in [-0.3, -0.25) is 9.59 Å². The largest absolute Gasteiger partial charge is 0.494 e. The summed E-state index contributed by atoms with van der Waals surface area (Å²) in [5.41, 5.74) is 2.21. The molecule has 1 aromatic carbocycles. The fourth-order valence-corrected chi connectivity index (χ4v) is 5.08. The van der Waals surface area contributed by atoms with E-state index in [2.05, 4.69) is 15.6 Å². The van der Waals surface area contributed by atoms with Gasteiger partial charge in [-0.2, -0.15) is 0 Å². The third-order valence-electron chi connectivity index (χ3n) is 4.62. The minimum atomic E-state index is -0.580. The first-order chi connectivity index (χ1) is 15.9. The molecule has 0 saturated carbocycles. The minimum absolute atomic E-state index is 0.0298. The van der Waals surface area contributed by atoms with Crippen LogP contribution in [0.4, 0.5) is 5.00 Å². The Bertz CT molecular complexity index is 1150. The van der Waals surface area contributed by atoms with E-state index in [4.69, 9.17) is 9.47 Å². The Hall–Kier alpha value is -3.24. The van der Waals surface area contributed by atoms with E-state index in [9.17, 15) is 14.4 Å². The molecule has 174 valence electrons. The number of thiazole rings is 1. The van der Waals surface area contributed by atoms with E-state index in [0.717, 1.165) is 27.7 Å². The van der Waals surface area contributed by atoms with Crippen LogP contribution in [0.5, 0.6) is 5.75 Å². The van der Waals surface area contributed by atoms with Gasteiger partial charge in [0.25, 0.3) is 5.91 Å². The lowest BCUT2D eigenvalue weighted by Gasteiger charge is -2.06. The molecule has 0 aliphatic heterocycles. The van der Waals surface area contributed by atoms with E-state index in [1.54, 1.807) is 13.8 Å². The standard InChI is InChI=1S/C23H25N3O5S2/c1-5-30-16-9-7-14(8-10-16)21-25-15(12-32-21)11-17(27)26-22-18(23(29)31-6-2)13(3)19(33-22)20(28)24-4/h7-10,12H,5-6,11H2,1-4H3,(H,24,28)(H,26,27). The lowest BCUT2D eigenvalue weighted by Crippen LogP contribution is -2.18. The van der Waals surface area contributed by atoms with Gasteiger partial charge in [-0.15, -0.1) is 22.7 Å². The number of rotatable bonds is 9. The SMILES string of the molecule is CCOC(=O)c1c(NC(=O)Cc2csc(-c3ccc(OCC)cc3)n2)sc(C(=O)NC)c1C. The zero-order valence-corrected chi connectivity index (χ0v) is 20.4. The summed E-state index contributed by atoms with van der Waals surface area (Å²) in [6.45, 7) is 6.07. The van der Waals surface area contributed by atoms with E-state index >= 15 is 0 Å². The topological polar surface area (TPSA) is 107 Å². The molecule has 3 rings (SSSR count). The maximum atomic E-state index is 12.7. The molecule has 33 heavy (non-hydrogen) atoms. The number of aromatic nitrogens is 1. The molecule has 0 radical (unpaired) electrons. The van der Waals surface area contributed by atoms with Gasteiger partial charge >= 0.3 is 5.97 Å². The zero-order chi connectivity index (χ0) is 24.0. The van der Waals surface area contributed by atoms with Gasteiger partial charge in [0, 0.05) is 18.0 Å². The van der Waals surface area contributed by atoms with E-state index in [0.29, 0.717) is 22.7 Å². The van der Waals surface area contributed by atoms with Crippen molar-refractivity contribution in [2.75, 3.05) is 25.6 Å². The van der Waals surface area contributed by atoms with Gasteiger partial charge < -0.3 is 20.1 Å². The second-order valence-electron chi connectivity index (χ2n) is 6.89. The number of thiophene rings is 1. The predicted octanol–water partition coefficient (Wildman–Crippen LogP) is 4.30. The molecule has 0 unspecified atom stereocenters. The molecule has 0 spiro atoms. The first-order valence-electron chi connectivity index (χ1n) is 10.4. The molecule has 0 bridgehead atoms. The summed E-state index contributed by atoms with van der Waals surface area (Å²) in [4.78, 5) is 42.3. The Labute approximate surface area is 200 Å². The molecule has 10 heteroatoms. The van der Waals surface area contributed by atoms with Crippen molar-refractivity contribution in [3.05, 3.63) is 51.3 Å². The number of nitrogens with zero attached hydrogens (tertiary/aromatic N) is 1. The van der Waals surface area contributed by atoms with Crippen LogP contribution >= 0.6 is 22.7 Å². The monoisotopic (exact) mass is 487 g/mol. The van der Waals surface area contributed by atoms with Gasteiger partial charge in [0.1, 0.15) is 15.8 Å². The normalized spacial score (nSPS) is 10.5. The van der Waals surface area contributed by atoms with Crippen LogP contribution in [0.15, 0.2) is 29.6 Å². The van der Waals surface area contributed by atoms with Crippen molar-refractivity contribution in [3.8, 4) is 16.3 Å². The molecule has 3 aromatic rings. The van der Waals surface area contributed by atoms with Crippen LogP contribution in [0.3, 0.4) is 0 Å². The molecule has 8 nitrogen and oxygen atoms in total. The van der Waals surface area contributed by atoms with E-state index < -0.39 is 5.97 Å². The highest BCUT2D eigenvalue weighted by Gasteiger charge is 2.26. The van der Waals surface area contributed by atoms with Crippen LogP contribution in [-0.4, -0.2) is 43.0 Å². The predicted molar refractivity (Wildman–Crippen MR) is 129 cm³/mol. The number of esters is 1. The third kappa shape index (κ3) is 5.77. The molecule has 2 heterocycles. The Morgan fingerprint density at radius 3 is 2.45 bits per heavy atom. The maximum Gasteiger partial charge on any atom is 0.341 e. The molecule has 0 aliphatic carbocycles. The number of amides is 2. The number of benzene rings is 1. The minimum Gasteiger partial charge on any atom is -0.494 e. The number of carbonyl (C=O) groups is 3. The Morgan fingerprint density at radius 2 is 1.82 bits per heavy atom. The number of ether oxygens (including phenoxy) is 2. The molecular formula is C23H25N3O5S2. The summed E-state index contributed by atoms with van der Waals surface area (Å²) in [5.74, 6) is -0.461. The summed E-state index contributed by atoms with van der Waals surface area (Å²) in [6, 6.07) is 7.61. The molecule has 2 aromatic heterocycles. The van der Waals surface area contributed by atoms with Crippen LogP contribution in [0.1, 0.15) is 45.1 Å². The van der Waals surface area contributed by atoms with E-state index in [1.165, 1.54) is 18.4 Å². The molecular weight excluding hydrogens is 462 g/mol. The van der Waals surface area contributed by atoms with Crippen LogP contribution in [-0.2, 0) is 16.0 Å². The molecule has 2 amide bonds. The van der Waals surface area contributed by atoms with Gasteiger partial charge in [0.15, 0.2) is 0 Å². The van der Waals surface area contributed by atoms with E-state index in [-0.39, 0.29) is 35.4 Å². The summed E-state index contributed by atoms with van der Waals surface area (Å²) in [6.07, 6.45) is 0.0298. The second-order valence-corrected chi connectivity index (χ2v) is 8.76. The van der Waals surface area contributed by atoms with Crippen molar-refractivity contribution in [1.29, 1.82) is 0 Å². The first kappa shape index (κ1) is 24.4. The zero-order valence-electron chi connectivity index (χ0n) is 18.8. The molecule has 2 N–H and O–H groups in total. The number of carbonyl (C=O) groups excluding carboxylic acids is 3. The van der Waals surface area contributed by atoms with Crippen molar-refractivity contribution in [3.63, 3.8) is 0 Å². The molecule has 0 aliphatic rings. The Morgan fingerprint density at radius 1 is 1.09 bits per heavy atom. The fourth-order valence-electron chi connectivity index (χ4n) is 3.10. The summed E-state index contributed by atoms with van der Waals surface area (Å²) < 4.78 is 10.6. The summed E-state index contributed by atoms with van der Waals surface area (Å²) in [5, 5.41) is 8.21. The van der Waals surface area contributed by atoms with Gasteiger partial charge in [0.05, 0.1) is 35.8 Å². The smallest absolute Gasteiger partial charge is 0.341 e. The number of hydrogen-bond donors (Lipinski definition) is 2. The van der Waals surface area contributed by atoms with Crippen LogP contribution in [0.2, 0.25) is 0 Å². The quantitative estimate of drug-likeness (QED) is 0.436. The molecule has 0 fully saturated rings. The lowest BCUT2D eigenvalue weighted by atomic mass is 10.1. The second kappa shape index (κ2) is 11.1. The lowest BCUT2D eigenvalue weighted by molar-refractivity contribution is -0.115. The van der Waals surface area contributed by atoms with E-state index in [1.807, 2.05) is 36.6 Å². The number of anilines is 1. The van der Waals surface area contributed by atoms with Crippen molar-refractivity contribution in [2.45, 2.75) is 27.2 Å². The number of nitrogens with one attached hydrogen (secondary N) is 2. The summed E-state index contributed by atoms with van der Waals surface area (Å²) in [7, 11) is 1.51. The van der Waals surface area contributed by atoms with Crippen LogP contribution in [0.25, 0.3) is 10.6 Å². The van der Waals surface area contributed by atoms with Crippen molar-refractivity contribution < 1.29 is 23.9 Å². The van der Waals surface area contributed by atoms with Crippen molar-refractivity contribution >= 4 is 45.5 Å². The summed E-state index contributed by atoms with van der Waals surface area (Å²) >= 11 is 2.49. The van der Waals surface area contributed by atoms with Crippen molar-refractivity contribution in [1.82, 2.24) is 10.3 Å². The maximum absolute atomic E-state index is 12.7.